The predicted molar refractivity (Wildman–Crippen MR) is 90.4 cm³/mol. The van der Waals surface area contributed by atoms with Crippen molar-refractivity contribution in [3.63, 3.8) is 0 Å². The first-order valence-electron chi connectivity index (χ1n) is 7.54. The van der Waals surface area contributed by atoms with Gasteiger partial charge in [-0.2, -0.15) is 0 Å². The standard InChI is InChI=1S/C18H21N3O/c1-20(2)12-11-15-9-6-10-16-17(15)19-18(22)21(16)13-14-7-4-3-5-8-14/h3-10H,11-13H2,1-2H3,(H,19,22). The number of aromatic amines is 1. The largest absolute Gasteiger partial charge is 0.326 e. The Kier molecular flexibility index (Phi) is 4.11. The zero-order valence-electron chi connectivity index (χ0n) is 13.0. The highest BCUT2D eigenvalue weighted by atomic mass is 16.1. The summed E-state index contributed by atoms with van der Waals surface area (Å²) in [6.07, 6.45) is 0.926. The van der Waals surface area contributed by atoms with Crippen LogP contribution in [-0.4, -0.2) is 35.1 Å². The van der Waals surface area contributed by atoms with E-state index in [0.29, 0.717) is 6.54 Å². The minimum Gasteiger partial charge on any atom is -0.309 e. The third-order valence-electron chi connectivity index (χ3n) is 3.91. The van der Waals surface area contributed by atoms with E-state index in [-0.39, 0.29) is 5.69 Å². The van der Waals surface area contributed by atoms with Gasteiger partial charge in [-0.15, -0.1) is 0 Å². The van der Waals surface area contributed by atoms with Crippen molar-refractivity contribution in [3.8, 4) is 0 Å². The molecule has 1 N–H and O–H groups in total. The molecule has 0 aliphatic rings. The summed E-state index contributed by atoms with van der Waals surface area (Å²) < 4.78 is 1.81. The number of H-pyrrole nitrogens is 1. The van der Waals surface area contributed by atoms with Crippen LogP contribution in [0, 0.1) is 0 Å². The van der Waals surface area contributed by atoms with Gasteiger partial charge in [-0.3, -0.25) is 4.57 Å². The van der Waals surface area contributed by atoms with E-state index < -0.39 is 0 Å². The Bertz CT molecular complexity index is 815. The SMILES string of the molecule is CN(C)CCc1cccc2c1[nH]c(=O)n2Cc1ccccc1. The summed E-state index contributed by atoms with van der Waals surface area (Å²) in [5.41, 5.74) is 4.21. The molecule has 0 saturated carbocycles. The number of para-hydroxylation sites is 1. The number of nitrogens with zero attached hydrogens (tertiary/aromatic N) is 2. The number of fused-ring (bicyclic) bond motifs is 1. The average Bonchev–Trinajstić information content (AvgIpc) is 2.83. The molecule has 0 saturated heterocycles. The van der Waals surface area contributed by atoms with Gasteiger partial charge >= 0.3 is 5.69 Å². The Hall–Kier alpha value is -2.33. The van der Waals surface area contributed by atoms with Crippen LogP contribution in [-0.2, 0) is 13.0 Å². The van der Waals surface area contributed by atoms with E-state index in [1.807, 2.05) is 47.0 Å². The molecule has 0 unspecified atom stereocenters. The molecule has 0 amide bonds. The summed E-state index contributed by atoms with van der Waals surface area (Å²) in [6.45, 7) is 1.56. The number of benzene rings is 2. The summed E-state index contributed by atoms with van der Waals surface area (Å²) in [6, 6.07) is 16.2. The molecule has 0 aliphatic heterocycles. The number of likely N-dealkylation sites (N-methyl/N-ethyl adjacent to an activating group) is 1. The van der Waals surface area contributed by atoms with Gasteiger partial charge in [0.2, 0.25) is 0 Å². The summed E-state index contributed by atoms with van der Waals surface area (Å²) in [4.78, 5) is 17.5. The lowest BCUT2D eigenvalue weighted by molar-refractivity contribution is 0.414. The van der Waals surface area contributed by atoms with Crippen molar-refractivity contribution in [1.29, 1.82) is 0 Å². The highest BCUT2D eigenvalue weighted by molar-refractivity contribution is 5.79. The third-order valence-corrected chi connectivity index (χ3v) is 3.91. The molecule has 0 spiro atoms. The number of rotatable bonds is 5. The van der Waals surface area contributed by atoms with E-state index in [2.05, 4.69) is 30.0 Å². The molecule has 0 radical (unpaired) electrons. The molecule has 22 heavy (non-hydrogen) atoms. The summed E-state index contributed by atoms with van der Waals surface area (Å²) in [7, 11) is 4.12. The second-order valence-electron chi connectivity index (χ2n) is 5.87. The molecular formula is C18H21N3O. The fourth-order valence-corrected chi connectivity index (χ4v) is 2.71. The molecule has 3 aromatic rings. The smallest absolute Gasteiger partial charge is 0.309 e. The van der Waals surface area contributed by atoms with Crippen LogP contribution in [0.4, 0.5) is 0 Å². The highest BCUT2D eigenvalue weighted by Gasteiger charge is 2.10. The zero-order valence-corrected chi connectivity index (χ0v) is 13.0. The first-order valence-corrected chi connectivity index (χ1v) is 7.54. The van der Waals surface area contributed by atoms with Gasteiger partial charge in [0.1, 0.15) is 0 Å². The molecule has 4 nitrogen and oxygen atoms in total. The zero-order chi connectivity index (χ0) is 15.5. The van der Waals surface area contributed by atoms with Crippen molar-refractivity contribution >= 4 is 11.0 Å². The van der Waals surface area contributed by atoms with Crippen molar-refractivity contribution in [2.24, 2.45) is 0 Å². The lowest BCUT2D eigenvalue weighted by Gasteiger charge is -2.10. The molecule has 0 atom stereocenters. The molecule has 0 fully saturated rings. The van der Waals surface area contributed by atoms with E-state index in [0.717, 1.165) is 29.6 Å². The van der Waals surface area contributed by atoms with Gasteiger partial charge in [0, 0.05) is 6.54 Å². The molecule has 3 rings (SSSR count). The number of hydrogen-bond acceptors (Lipinski definition) is 2. The van der Waals surface area contributed by atoms with Crippen LogP contribution in [0.5, 0.6) is 0 Å². The van der Waals surface area contributed by atoms with Gasteiger partial charge in [-0.1, -0.05) is 42.5 Å². The molecule has 114 valence electrons. The van der Waals surface area contributed by atoms with Crippen molar-refractivity contribution in [2.45, 2.75) is 13.0 Å². The predicted octanol–water partition coefficient (Wildman–Crippen LogP) is 2.48. The van der Waals surface area contributed by atoms with E-state index >= 15 is 0 Å². The average molecular weight is 295 g/mol. The van der Waals surface area contributed by atoms with Gasteiger partial charge in [0.05, 0.1) is 17.6 Å². The Morgan fingerprint density at radius 3 is 2.55 bits per heavy atom. The van der Waals surface area contributed by atoms with Gasteiger partial charge in [0.25, 0.3) is 0 Å². The molecule has 2 aromatic carbocycles. The fraction of sp³-hybridized carbons (Fsp3) is 0.278. The number of nitrogens with one attached hydrogen (secondary N) is 1. The molecule has 4 heteroatoms. The number of imidazole rings is 1. The summed E-state index contributed by atoms with van der Waals surface area (Å²) >= 11 is 0. The molecular weight excluding hydrogens is 274 g/mol. The monoisotopic (exact) mass is 295 g/mol. The summed E-state index contributed by atoms with van der Waals surface area (Å²) in [5.74, 6) is 0. The first kappa shape index (κ1) is 14.6. The second-order valence-corrected chi connectivity index (χ2v) is 5.87. The van der Waals surface area contributed by atoms with Crippen molar-refractivity contribution < 1.29 is 0 Å². The topological polar surface area (TPSA) is 41.0 Å². The van der Waals surface area contributed by atoms with Crippen molar-refractivity contribution in [3.05, 3.63) is 70.1 Å². The van der Waals surface area contributed by atoms with Crippen LogP contribution in [0.15, 0.2) is 53.3 Å². The second kappa shape index (κ2) is 6.20. The van der Waals surface area contributed by atoms with Gasteiger partial charge < -0.3 is 9.88 Å². The van der Waals surface area contributed by atoms with E-state index in [1.54, 1.807) is 0 Å². The van der Waals surface area contributed by atoms with Crippen LogP contribution < -0.4 is 5.69 Å². The van der Waals surface area contributed by atoms with Crippen molar-refractivity contribution in [1.82, 2.24) is 14.5 Å². The van der Waals surface area contributed by atoms with Gasteiger partial charge in [-0.05, 0) is 37.7 Å². The van der Waals surface area contributed by atoms with Crippen LogP contribution in [0.25, 0.3) is 11.0 Å². The molecule has 1 aromatic heterocycles. The maximum absolute atomic E-state index is 12.3. The van der Waals surface area contributed by atoms with Crippen LogP contribution in [0.2, 0.25) is 0 Å². The molecule has 1 heterocycles. The van der Waals surface area contributed by atoms with E-state index in [4.69, 9.17) is 0 Å². The van der Waals surface area contributed by atoms with Crippen molar-refractivity contribution in [2.75, 3.05) is 20.6 Å². The van der Waals surface area contributed by atoms with E-state index in [1.165, 1.54) is 5.56 Å². The molecule has 0 aliphatic carbocycles. The number of aromatic nitrogens is 2. The maximum Gasteiger partial charge on any atom is 0.326 e. The third kappa shape index (κ3) is 2.97. The quantitative estimate of drug-likeness (QED) is 0.785. The van der Waals surface area contributed by atoms with Crippen LogP contribution >= 0.6 is 0 Å². The minimum atomic E-state index is -0.0452. The Morgan fingerprint density at radius 1 is 1.05 bits per heavy atom. The summed E-state index contributed by atoms with van der Waals surface area (Å²) in [5, 5.41) is 0. The van der Waals surface area contributed by atoms with Crippen LogP contribution in [0.1, 0.15) is 11.1 Å². The highest BCUT2D eigenvalue weighted by Crippen LogP contribution is 2.17. The van der Waals surface area contributed by atoms with Gasteiger partial charge in [0.15, 0.2) is 0 Å². The first-order chi connectivity index (χ1) is 10.6. The van der Waals surface area contributed by atoms with Crippen LogP contribution in [0.3, 0.4) is 0 Å². The molecule has 0 bridgehead atoms. The maximum atomic E-state index is 12.3. The fourth-order valence-electron chi connectivity index (χ4n) is 2.71. The van der Waals surface area contributed by atoms with E-state index in [9.17, 15) is 4.79 Å². The Labute approximate surface area is 130 Å². The normalized spacial score (nSPS) is 11.4. The minimum absolute atomic E-state index is 0.0452. The lowest BCUT2D eigenvalue weighted by Crippen LogP contribution is -2.17. The lowest BCUT2D eigenvalue weighted by atomic mass is 10.1. The Morgan fingerprint density at radius 2 is 1.82 bits per heavy atom. The number of hydrogen-bond donors (Lipinski definition) is 1. The Balaban J connectivity index is 2.00. The van der Waals surface area contributed by atoms with Gasteiger partial charge in [-0.25, -0.2) is 4.79 Å².